The molecule has 3 aliphatic carbocycles. The fourth-order valence-electron chi connectivity index (χ4n) is 8.09. The van der Waals surface area contributed by atoms with Crippen molar-refractivity contribution in [3.8, 4) is 0 Å². The number of amides is 2. The fraction of sp³-hybridized carbons (Fsp3) is 0.920. The number of ether oxygens (including phenoxy) is 1. The number of nitrogens with zero attached hydrogens (tertiary/aromatic N) is 1. The van der Waals surface area contributed by atoms with Crippen molar-refractivity contribution in [1.82, 2.24) is 10.2 Å². The van der Waals surface area contributed by atoms with Crippen molar-refractivity contribution in [2.24, 2.45) is 40.4 Å². The number of alkyl carbamates (subject to hydrolysis) is 1. The van der Waals surface area contributed by atoms with Gasteiger partial charge in [0.2, 0.25) is 5.91 Å². The van der Waals surface area contributed by atoms with Crippen LogP contribution in [0.3, 0.4) is 0 Å². The number of carbonyl (C=O) groups is 2. The fourth-order valence-corrected chi connectivity index (χ4v) is 8.09. The number of hydrogen-bond donors (Lipinski definition) is 1. The highest BCUT2D eigenvalue weighted by Gasteiger charge is 2.60. The summed E-state index contributed by atoms with van der Waals surface area (Å²) in [7, 11) is 2.04. The Kier molecular flexibility index (Phi) is 5.87. The van der Waals surface area contributed by atoms with Crippen LogP contribution in [0.4, 0.5) is 4.79 Å². The van der Waals surface area contributed by atoms with Crippen LogP contribution in [0.2, 0.25) is 0 Å². The number of rotatable bonds is 4. The monoisotopic (exact) mass is 418 g/mol. The minimum Gasteiger partial charge on any atom is -0.449 e. The summed E-state index contributed by atoms with van der Waals surface area (Å²) < 4.78 is 5.33. The van der Waals surface area contributed by atoms with Crippen molar-refractivity contribution in [2.75, 3.05) is 20.2 Å². The molecule has 0 aromatic heterocycles. The summed E-state index contributed by atoms with van der Waals surface area (Å²) in [5, 5.41) is 3.07. The molecule has 5 heteroatoms. The summed E-state index contributed by atoms with van der Waals surface area (Å²) in [6.07, 6.45) is 9.00. The standard InChI is InChI=1S/C25H42N2O3/c1-16(2)15-30-23(29)26-14-17-6-8-19-18-7-9-21-25(4,13-11-22(28)27(21)5)20(18)10-12-24(17,19)3/h16-21H,6-15H2,1-5H3,(H,26,29)/t17?,18-,19-,20+,21?,24+,25+/m0/s1. The van der Waals surface area contributed by atoms with Crippen LogP contribution < -0.4 is 5.32 Å². The topological polar surface area (TPSA) is 58.6 Å². The van der Waals surface area contributed by atoms with Crippen LogP contribution in [0.15, 0.2) is 0 Å². The number of fused-ring (bicyclic) bond motifs is 5. The molecule has 1 saturated heterocycles. The van der Waals surface area contributed by atoms with E-state index in [1.807, 2.05) is 7.05 Å². The lowest BCUT2D eigenvalue weighted by molar-refractivity contribution is -0.158. The van der Waals surface area contributed by atoms with E-state index in [1.165, 1.54) is 32.1 Å². The maximum atomic E-state index is 12.3. The molecule has 1 heterocycles. The van der Waals surface area contributed by atoms with Crippen LogP contribution in [-0.4, -0.2) is 43.1 Å². The summed E-state index contributed by atoms with van der Waals surface area (Å²) in [5.74, 6) is 3.54. The lowest BCUT2D eigenvalue weighted by atomic mass is 9.47. The summed E-state index contributed by atoms with van der Waals surface area (Å²) in [5.41, 5.74) is 0.607. The SMILES string of the molecule is CC(C)COC(=O)NCC1CC[C@H]2[C@@H]3CCC4N(C)C(=O)CC[C@]4(C)[C@@H]3CC[C@]12C. The molecular weight excluding hydrogens is 376 g/mol. The molecule has 5 nitrogen and oxygen atoms in total. The van der Waals surface area contributed by atoms with Crippen molar-refractivity contribution < 1.29 is 14.3 Å². The highest BCUT2D eigenvalue weighted by atomic mass is 16.5. The molecule has 0 bridgehead atoms. The Morgan fingerprint density at radius 3 is 2.57 bits per heavy atom. The maximum Gasteiger partial charge on any atom is 0.407 e. The molecule has 4 aliphatic rings. The van der Waals surface area contributed by atoms with Gasteiger partial charge in [-0.2, -0.15) is 0 Å². The van der Waals surface area contributed by atoms with Gasteiger partial charge in [0.15, 0.2) is 0 Å². The molecule has 4 fully saturated rings. The van der Waals surface area contributed by atoms with E-state index in [-0.39, 0.29) is 11.5 Å². The largest absolute Gasteiger partial charge is 0.449 e. The number of hydrogen-bond acceptors (Lipinski definition) is 3. The van der Waals surface area contributed by atoms with Gasteiger partial charge in [-0.25, -0.2) is 4.79 Å². The predicted octanol–water partition coefficient (Wildman–Crippen LogP) is 4.85. The van der Waals surface area contributed by atoms with Gasteiger partial charge in [0, 0.05) is 26.1 Å². The zero-order valence-electron chi connectivity index (χ0n) is 19.7. The Morgan fingerprint density at radius 2 is 1.83 bits per heavy atom. The molecule has 0 radical (unpaired) electrons. The van der Waals surface area contributed by atoms with Crippen LogP contribution >= 0.6 is 0 Å². The van der Waals surface area contributed by atoms with Crippen molar-refractivity contribution in [3.05, 3.63) is 0 Å². The van der Waals surface area contributed by atoms with E-state index in [4.69, 9.17) is 4.74 Å². The van der Waals surface area contributed by atoms with Gasteiger partial charge < -0.3 is 15.0 Å². The second-order valence-corrected chi connectivity index (χ2v) is 11.7. The number of nitrogens with one attached hydrogen (secondary N) is 1. The molecule has 0 aromatic carbocycles. The molecule has 1 N–H and O–H groups in total. The van der Waals surface area contributed by atoms with E-state index >= 15 is 0 Å². The van der Waals surface area contributed by atoms with Crippen LogP contribution in [-0.2, 0) is 9.53 Å². The van der Waals surface area contributed by atoms with E-state index in [0.29, 0.717) is 35.8 Å². The van der Waals surface area contributed by atoms with Gasteiger partial charge in [0.25, 0.3) is 0 Å². The Hall–Kier alpha value is -1.26. The third-order valence-corrected chi connectivity index (χ3v) is 9.79. The summed E-state index contributed by atoms with van der Waals surface area (Å²) >= 11 is 0. The second kappa shape index (κ2) is 8.02. The van der Waals surface area contributed by atoms with Gasteiger partial charge in [-0.15, -0.1) is 0 Å². The quantitative estimate of drug-likeness (QED) is 0.710. The second-order valence-electron chi connectivity index (χ2n) is 11.7. The van der Waals surface area contributed by atoms with Gasteiger partial charge in [0.05, 0.1) is 6.61 Å². The van der Waals surface area contributed by atoms with Crippen molar-refractivity contribution in [1.29, 1.82) is 0 Å². The summed E-state index contributed by atoms with van der Waals surface area (Å²) in [6, 6.07) is 0.430. The lowest BCUT2D eigenvalue weighted by Gasteiger charge is -2.61. The molecular formula is C25H42N2O3. The first kappa shape index (κ1) is 22.0. The molecule has 4 rings (SSSR count). The Bertz CT molecular complexity index is 679. The van der Waals surface area contributed by atoms with Crippen molar-refractivity contribution in [2.45, 2.75) is 85.1 Å². The maximum absolute atomic E-state index is 12.3. The van der Waals surface area contributed by atoms with E-state index in [2.05, 4.69) is 37.9 Å². The summed E-state index contributed by atoms with van der Waals surface area (Å²) in [4.78, 5) is 26.5. The third-order valence-electron chi connectivity index (χ3n) is 9.79. The van der Waals surface area contributed by atoms with Crippen molar-refractivity contribution >= 4 is 12.0 Å². The van der Waals surface area contributed by atoms with Gasteiger partial charge in [-0.1, -0.05) is 27.7 Å². The molecule has 3 saturated carbocycles. The van der Waals surface area contributed by atoms with Crippen LogP contribution in [0.1, 0.15) is 79.1 Å². The average molecular weight is 419 g/mol. The van der Waals surface area contributed by atoms with E-state index in [1.54, 1.807) is 0 Å². The number of likely N-dealkylation sites (tertiary alicyclic amines) is 1. The van der Waals surface area contributed by atoms with E-state index < -0.39 is 0 Å². The highest BCUT2D eigenvalue weighted by Crippen LogP contribution is 2.66. The Morgan fingerprint density at radius 1 is 1.10 bits per heavy atom. The molecule has 2 unspecified atom stereocenters. The Balaban J connectivity index is 1.43. The molecule has 7 atom stereocenters. The van der Waals surface area contributed by atoms with Crippen LogP contribution in [0.25, 0.3) is 0 Å². The van der Waals surface area contributed by atoms with Gasteiger partial charge in [0.1, 0.15) is 0 Å². The lowest BCUT2D eigenvalue weighted by Crippen LogP contribution is -2.61. The van der Waals surface area contributed by atoms with Gasteiger partial charge >= 0.3 is 6.09 Å². The molecule has 1 aliphatic heterocycles. The smallest absolute Gasteiger partial charge is 0.407 e. The minimum absolute atomic E-state index is 0.257. The molecule has 30 heavy (non-hydrogen) atoms. The molecule has 0 aromatic rings. The van der Waals surface area contributed by atoms with Gasteiger partial charge in [-0.3, -0.25) is 4.79 Å². The van der Waals surface area contributed by atoms with Crippen LogP contribution in [0, 0.1) is 40.4 Å². The predicted molar refractivity (Wildman–Crippen MR) is 118 cm³/mol. The molecule has 0 spiro atoms. The van der Waals surface area contributed by atoms with Crippen LogP contribution in [0.5, 0.6) is 0 Å². The first-order valence-corrected chi connectivity index (χ1v) is 12.3. The third kappa shape index (κ3) is 3.54. The van der Waals surface area contributed by atoms with Crippen molar-refractivity contribution in [3.63, 3.8) is 0 Å². The summed E-state index contributed by atoms with van der Waals surface area (Å²) in [6.45, 7) is 10.3. The van der Waals surface area contributed by atoms with E-state index in [9.17, 15) is 9.59 Å². The minimum atomic E-state index is -0.257. The zero-order valence-corrected chi connectivity index (χ0v) is 19.7. The highest BCUT2D eigenvalue weighted by molar-refractivity contribution is 5.77. The molecule has 170 valence electrons. The molecule has 2 amide bonds. The normalized spacial score (nSPS) is 43.1. The first-order valence-electron chi connectivity index (χ1n) is 12.3. The first-order chi connectivity index (χ1) is 14.2. The van der Waals surface area contributed by atoms with Gasteiger partial charge in [-0.05, 0) is 85.4 Å². The van der Waals surface area contributed by atoms with E-state index in [0.717, 1.165) is 43.6 Å². The zero-order chi connectivity index (χ0) is 21.7. The Labute approximate surface area is 182 Å². The number of carbonyl (C=O) groups excluding carboxylic acids is 2. The average Bonchev–Trinajstić information content (AvgIpc) is 3.04. The number of piperidine rings is 1.